The van der Waals surface area contributed by atoms with Crippen molar-refractivity contribution in [3.63, 3.8) is 0 Å². The molecule has 0 saturated carbocycles. The molecule has 0 saturated heterocycles. The van der Waals surface area contributed by atoms with Crippen molar-refractivity contribution in [3.05, 3.63) is 45.1 Å². The second kappa shape index (κ2) is 7.42. The standard InChI is InChI=1S/C21H27N5O3/c1-5-29-16-9-7-15(8-10-16)24-11-6-12-25-17-18(22-20(24)25)23(4)21(28)26(19(17)27)13-14(2)3/h7-10,14H,5-6,11-13H2,1-4H3. The van der Waals surface area contributed by atoms with Crippen molar-refractivity contribution in [2.24, 2.45) is 13.0 Å². The summed E-state index contributed by atoms with van der Waals surface area (Å²) < 4.78 is 10.3. The number of fused-ring (bicyclic) bond motifs is 3. The molecular weight excluding hydrogens is 370 g/mol. The average Bonchev–Trinajstić information content (AvgIpc) is 3.10. The van der Waals surface area contributed by atoms with Crippen LogP contribution in [-0.4, -0.2) is 31.8 Å². The Morgan fingerprint density at radius 2 is 1.86 bits per heavy atom. The van der Waals surface area contributed by atoms with Crippen molar-refractivity contribution < 1.29 is 4.74 Å². The predicted molar refractivity (Wildman–Crippen MR) is 113 cm³/mol. The van der Waals surface area contributed by atoms with Crippen molar-refractivity contribution >= 4 is 22.8 Å². The van der Waals surface area contributed by atoms with E-state index in [2.05, 4.69) is 4.90 Å². The SMILES string of the molecule is CCOc1ccc(N2CCCn3c2nc2c3c(=O)n(CC(C)C)c(=O)n2C)cc1. The van der Waals surface area contributed by atoms with E-state index >= 15 is 0 Å². The van der Waals surface area contributed by atoms with Crippen LogP contribution in [0.15, 0.2) is 33.9 Å². The monoisotopic (exact) mass is 397 g/mol. The second-order valence-electron chi connectivity index (χ2n) is 7.82. The minimum absolute atomic E-state index is 0.196. The first kappa shape index (κ1) is 19.3. The lowest BCUT2D eigenvalue weighted by Crippen LogP contribution is -2.40. The lowest BCUT2D eigenvalue weighted by molar-refractivity contribution is 0.340. The number of hydrogen-bond acceptors (Lipinski definition) is 5. The van der Waals surface area contributed by atoms with E-state index in [0.29, 0.717) is 36.8 Å². The highest BCUT2D eigenvalue weighted by molar-refractivity contribution is 5.77. The van der Waals surface area contributed by atoms with Crippen LogP contribution in [0.25, 0.3) is 11.2 Å². The van der Waals surface area contributed by atoms with Crippen LogP contribution < -0.4 is 20.9 Å². The molecule has 0 N–H and O–H groups in total. The van der Waals surface area contributed by atoms with Crippen LogP contribution in [-0.2, 0) is 20.1 Å². The number of nitrogens with zero attached hydrogens (tertiary/aromatic N) is 5. The largest absolute Gasteiger partial charge is 0.494 e. The first-order valence-corrected chi connectivity index (χ1v) is 10.1. The normalized spacial score (nSPS) is 13.9. The molecule has 2 aromatic heterocycles. The summed E-state index contributed by atoms with van der Waals surface area (Å²) in [6.45, 7) is 8.46. The van der Waals surface area contributed by atoms with E-state index in [0.717, 1.165) is 24.4 Å². The molecule has 3 aromatic rings. The van der Waals surface area contributed by atoms with Crippen molar-refractivity contribution in [1.82, 2.24) is 18.7 Å². The number of aryl methyl sites for hydroxylation is 2. The van der Waals surface area contributed by atoms with E-state index in [1.54, 1.807) is 7.05 Å². The van der Waals surface area contributed by atoms with Gasteiger partial charge in [0.15, 0.2) is 11.2 Å². The van der Waals surface area contributed by atoms with Crippen LogP contribution in [0.3, 0.4) is 0 Å². The molecule has 0 spiro atoms. The molecule has 0 bridgehead atoms. The molecule has 1 aromatic carbocycles. The Balaban J connectivity index is 1.87. The highest BCUT2D eigenvalue weighted by atomic mass is 16.5. The molecule has 4 rings (SSSR count). The van der Waals surface area contributed by atoms with Gasteiger partial charge in [-0.15, -0.1) is 0 Å². The van der Waals surface area contributed by atoms with Crippen molar-refractivity contribution in [2.45, 2.75) is 40.3 Å². The maximum atomic E-state index is 13.2. The van der Waals surface area contributed by atoms with Gasteiger partial charge in [0.1, 0.15) is 5.75 Å². The fourth-order valence-corrected chi connectivity index (χ4v) is 3.92. The smallest absolute Gasteiger partial charge is 0.332 e. The number of benzene rings is 1. The molecular formula is C21H27N5O3. The first-order valence-electron chi connectivity index (χ1n) is 10.1. The van der Waals surface area contributed by atoms with Gasteiger partial charge in [0.2, 0.25) is 5.95 Å². The van der Waals surface area contributed by atoms with Gasteiger partial charge in [-0.25, -0.2) is 4.79 Å². The maximum Gasteiger partial charge on any atom is 0.332 e. The number of rotatable bonds is 5. The van der Waals surface area contributed by atoms with E-state index in [4.69, 9.17) is 9.72 Å². The summed E-state index contributed by atoms with van der Waals surface area (Å²) >= 11 is 0. The van der Waals surface area contributed by atoms with E-state index in [1.807, 2.05) is 49.6 Å². The molecule has 3 heterocycles. The van der Waals surface area contributed by atoms with Gasteiger partial charge in [-0.2, -0.15) is 4.98 Å². The van der Waals surface area contributed by atoms with Crippen molar-refractivity contribution in [3.8, 4) is 5.75 Å². The van der Waals surface area contributed by atoms with E-state index < -0.39 is 0 Å². The number of anilines is 2. The number of ether oxygens (including phenoxy) is 1. The third kappa shape index (κ3) is 3.22. The maximum absolute atomic E-state index is 13.2. The Kier molecular flexibility index (Phi) is 4.94. The summed E-state index contributed by atoms with van der Waals surface area (Å²) in [7, 11) is 1.68. The van der Waals surface area contributed by atoms with Crippen molar-refractivity contribution in [2.75, 3.05) is 18.1 Å². The third-order valence-electron chi connectivity index (χ3n) is 5.22. The van der Waals surface area contributed by atoms with Crippen LogP contribution in [0, 0.1) is 5.92 Å². The summed E-state index contributed by atoms with van der Waals surface area (Å²) in [5.74, 6) is 1.72. The summed E-state index contributed by atoms with van der Waals surface area (Å²) in [6.07, 6.45) is 0.887. The number of aromatic nitrogens is 4. The van der Waals surface area contributed by atoms with Crippen molar-refractivity contribution in [1.29, 1.82) is 0 Å². The van der Waals surface area contributed by atoms with Gasteiger partial charge in [-0.1, -0.05) is 13.8 Å². The van der Waals surface area contributed by atoms with Crippen LogP contribution in [0.2, 0.25) is 0 Å². The summed E-state index contributed by atoms with van der Waals surface area (Å²) in [6, 6.07) is 7.86. The van der Waals surface area contributed by atoms with Gasteiger partial charge in [0, 0.05) is 32.4 Å². The van der Waals surface area contributed by atoms with Gasteiger partial charge in [-0.05, 0) is 43.5 Å². The fraction of sp³-hybridized carbons (Fsp3) is 0.476. The van der Waals surface area contributed by atoms with Gasteiger partial charge in [0.05, 0.1) is 6.61 Å². The quantitative estimate of drug-likeness (QED) is 0.661. The molecule has 1 aliphatic heterocycles. The number of imidazole rings is 1. The molecule has 0 atom stereocenters. The summed E-state index contributed by atoms with van der Waals surface area (Å²) in [5, 5.41) is 0. The molecule has 8 heteroatoms. The van der Waals surface area contributed by atoms with Crippen LogP contribution in [0.5, 0.6) is 5.75 Å². The Bertz CT molecular complexity index is 1150. The Morgan fingerprint density at radius 1 is 1.14 bits per heavy atom. The van der Waals surface area contributed by atoms with Gasteiger partial charge >= 0.3 is 5.69 Å². The average molecular weight is 397 g/mol. The zero-order valence-electron chi connectivity index (χ0n) is 17.4. The lowest BCUT2D eigenvalue weighted by Gasteiger charge is -2.29. The lowest BCUT2D eigenvalue weighted by atomic mass is 10.2. The molecule has 0 aliphatic carbocycles. The Morgan fingerprint density at radius 3 is 2.52 bits per heavy atom. The van der Waals surface area contributed by atoms with Crippen LogP contribution in [0.4, 0.5) is 11.6 Å². The zero-order chi connectivity index (χ0) is 20.7. The van der Waals surface area contributed by atoms with Crippen LogP contribution >= 0.6 is 0 Å². The minimum Gasteiger partial charge on any atom is -0.494 e. The molecule has 8 nitrogen and oxygen atoms in total. The summed E-state index contributed by atoms with van der Waals surface area (Å²) in [5.41, 5.74) is 1.34. The summed E-state index contributed by atoms with van der Waals surface area (Å²) in [4.78, 5) is 32.7. The van der Waals surface area contributed by atoms with Gasteiger partial charge in [0.25, 0.3) is 5.56 Å². The molecule has 0 amide bonds. The topological polar surface area (TPSA) is 74.3 Å². The predicted octanol–water partition coefficient (Wildman–Crippen LogP) is 2.49. The molecule has 1 aliphatic rings. The van der Waals surface area contributed by atoms with Gasteiger partial charge in [-0.3, -0.25) is 13.9 Å². The highest BCUT2D eigenvalue weighted by Crippen LogP contribution is 2.31. The zero-order valence-corrected chi connectivity index (χ0v) is 17.4. The third-order valence-corrected chi connectivity index (χ3v) is 5.22. The van der Waals surface area contributed by atoms with E-state index in [1.165, 1.54) is 9.13 Å². The second-order valence-corrected chi connectivity index (χ2v) is 7.82. The first-order chi connectivity index (χ1) is 13.9. The molecule has 0 fully saturated rings. The number of hydrogen-bond donors (Lipinski definition) is 0. The fourth-order valence-electron chi connectivity index (χ4n) is 3.92. The highest BCUT2D eigenvalue weighted by Gasteiger charge is 2.27. The Hall–Kier alpha value is -3.03. The molecule has 0 radical (unpaired) electrons. The van der Waals surface area contributed by atoms with E-state index in [9.17, 15) is 9.59 Å². The molecule has 154 valence electrons. The molecule has 29 heavy (non-hydrogen) atoms. The minimum atomic E-state index is -0.320. The van der Waals surface area contributed by atoms with Gasteiger partial charge < -0.3 is 14.2 Å². The molecule has 0 unspecified atom stereocenters. The Labute approximate surface area is 169 Å². The van der Waals surface area contributed by atoms with Crippen LogP contribution in [0.1, 0.15) is 27.2 Å². The van der Waals surface area contributed by atoms with E-state index in [-0.39, 0.29) is 17.2 Å².